The maximum Gasteiger partial charge on any atom is 0.416 e. The molecule has 0 saturated carbocycles. The van der Waals surface area contributed by atoms with Crippen LogP contribution >= 0.6 is 0 Å². The Morgan fingerprint density at radius 2 is 1.60 bits per heavy atom. The van der Waals surface area contributed by atoms with Crippen LogP contribution in [0.1, 0.15) is 36.8 Å². The molecule has 1 aromatic heterocycles. The molecular weight excluding hydrogens is 541 g/mol. The van der Waals surface area contributed by atoms with Crippen LogP contribution in [0.3, 0.4) is 0 Å². The average molecular weight is 575 g/mol. The molecule has 4 aromatic rings. The third-order valence-electron chi connectivity index (χ3n) is 8.60. The summed E-state index contributed by atoms with van der Waals surface area (Å²) in [5.41, 5.74) is 4.25. The number of pyridine rings is 1. The Morgan fingerprint density at radius 3 is 2.40 bits per heavy atom. The third kappa shape index (κ3) is 5.45. The zero-order chi connectivity index (χ0) is 28.7. The second-order valence-corrected chi connectivity index (χ2v) is 11.4. The largest absolute Gasteiger partial charge is 0.454 e. The van der Waals surface area contributed by atoms with Crippen LogP contribution in [0.25, 0.3) is 22.0 Å². The van der Waals surface area contributed by atoms with E-state index in [4.69, 9.17) is 14.5 Å². The summed E-state index contributed by atoms with van der Waals surface area (Å²) in [5, 5.41) is 4.46. The van der Waals surface area contributed by atoms with Crippen LogP contribution in [0.2, 0.25) is 0 Å². The zero-order valence-corrected chi connectivity index (χ0v) is 23.3. The van der Waals surface area contributed by atoms with Crippen LogP contribution < -0.4 is 19.7 Å². The van der Waals surface area contributed by atoms with E-state index in [0.29, 0.717) is 18.4 Å². The van der Waals surface area contributed by atoms with Gasteiger partial charge in [-0.2, -0.15) is 13.2 Å². The summed E-state index contributed by atoms with van der Waals surface area (Å²) in [6.45, 7) is 4.97. The van der Waals surface area contributed by atoms with Crippen molar-refractivity contribution in [2.24, 2.45) is 0 Å². The van der Waals surface area contributed by atoms with Crippen molar-refractivity contribution >= 4 is 22.4 Å². The predicted molar refractivity (Wildman–Crippen MR) is 158 cm³/mol. The Labute approximate surface area is 243 Å². The van der Waals surface area contributed by atoms with Crippen LogP contribution in [-0.4, -0.2) is 48.9 Å². The van der Waals surface area contributed by atoms with Gasteiger partial charge in [-0.1, -0.05) is 24.3 Å². The first-order chi connectivity index (χ1) is 20.4. The average Bonchev–Trinajstić information content (AvgIpc) is 3.78. The number of likely N-dealkylation sites (tertiary alicyclic amines) is 1. The van der Waals surface area contributed by atoms with Crippen LogP contribution in [-0.2, 0) is 12.7 Å². The summed E-state index contributed by atoms with van der Waals surface area (Å²) in [7, 11) is 0. The Kier molecular flexibility index (Phi) is 7.06. The second-order valence-electron chi connectivity index (χ2n) is 11.4. The summed E-state index contributed by atoms with van der Waals surface area (Å²) in [4.78, 5) is 10.0. The quantitative estimate of drug-likeness (QED) is 0.250. The van der Waals surface area contributed by atoms with Crippen molar-refractivity contribution in [1.82, 2.24) is 9.88 Å². The van der Waals surface area contributed by atoms with Crippen molar-refractivity contribution < 1.29 is 22.6 Å². The lowest BCUT2D eigenvalue weighted by Crippen LogP contribution is -2.39. The maximum atomic E-state index is 13.0. The van der Waals surface area contributed by atoms with E-state index in [1.165, 1.54) is 25.0 Å². The van der Waals surface area contributed by atoms with Crippen LogP contribution in [0.4, 0.5) is 24.7 Å². The minimum Gasteiger partial charge on any atom is -0.454 e. The summed E-state index contributed by atoms with van der Waals surface area (Å²) in [6.07, 6.45) is 0.472. The number of hydrogen-bond donors (Lipinski definition) is 1. The maximum absolute atomic E-state index is 13.0. The molecule has 1 N–H and O–H groups in total. The van der Waals surface area contributed by atoms with E-state index in [-0.39, 0.29) is 6.79 Å². The van der Waals surface area contributed by atoms with E-state index in [1.807, 2.05) is 24.3 Å². The van der Waals surface area contributed by atoms with Gasteiger partial charge in [-0.15, -0.1) is 0 Å². The molecule has 218 valence electrons. The highest BCUT2D eigenvalue weighted by Crippen LogP contribution is 2.39. The van der Waals surface area contributed by atoms with E-state index in [1.54, 1.807) is 0 Å². The molecule has 0 radical (unpaired) electrons. The normalized spacial score (nSPS) is 18.7. The van der Waals surface area contributed by atoms with Gasteiger partial charge < -0.3 is 24.6 Å². The highest BCUT2D eigenvalue weighted by molar-refractivity contribution is 5.96. The minimum atomic E-state index is -4.35. The van der Waals surface area contributed by atoms with E-state index in [2.05, 4.69) is 33.3 Å². The molecule has 4 heterocycles. The highest BCUT2D eigenvalue weighted by atomic mass is 19.4. The third-order valence-corrected chi connectivity index (χ3v) is 8.60. The Balaban J connectivity index is 1.22. The fourth-order valence-electron chi connectivity index (χ4n) is 6.40. The molecule has 0 unspecified atom stereocenters. The van der Waals surface area contributed by atoms with Gasteiger partial charge in [0.05, 0.1) is 16.8 Å². The number of halogens is 3. The van der Waals surface area contributed by atoms with E-state index < -0.39 is 11.7 Å². The van der Waals surface area contributed by atoms with Crippen LogP contribution in [0, 0.1) is 0 Å². The van der Waals surface area contributed by atoms with E-state index in [0.717, 1.165) is 95.9 Å². The summed E-state index contributed by atoms with van der Waals surface area (Å²) < 4.78 is 50.2. The van der Waals surface area contributed by atoms with E-state index in [9.17, 15) is 13.2 Å². The number of aromatic nitrogens is 1. The first-order valence-corrected chi connectivity index (χ1v) is 14.6. The number of anilines is 2. The monoisotopic (exact) mass is 574 g/mol. The molecule has 0 aliphatic carbocycles. The molecule has 0 amide bonds. The number of ether oxygens (including phenoxy) is 2. The molecular formula is C33H33F3N4O2. The molecule has 2 saturated heterocycles. The van der Waals surface area contributed by atoms with Crippen LogP contribution in [0.15, 0.2) is 66.7 Å². The topological polar surface area (TPSA) is 49.9 Å². The van der Waals surface area contributed by atoms with Gasteiger partial charge in [0, 0.05) is 37.1 Å². The standard InChI is InChI=1S/C33H33F3N4O2/c34-33(35,36)25-9-5-22(6-10-25)19-37-32-18-29(40-15-3-4-26(40)20-39-13-1-2-14-39)27-16-23(7-11-28(27)38-32)24-8-12-30-31(17-24)42-21-41-30/h5-12,16-18,26H,1-4,13-15,19-21H2,(H,37,38)/t26-/m0/s1. The predicted octanol–water partition coefficient (Wildman–Crippen LogP) is 7.33. The van der Waals surface area contributed by atoms with Gasteiger partial charge in [0.25, 0.3) is 0 Å². The van der Waals surface area contributed by atoms with E-state index >= 15 is 0 Å². The van der Waals surface area contributed by atoms with Gasteiger partial charge in [-0.05, 0) is 91.9 Å². The van der Waals surface area contributed by atoms with Crippen molar-refractivity contribution in [2.75, 3.05) is 43.2 Å². The molecule has 6 nitrogen and oxygen atoms in total. The van der Waals surface area contributed by atoms with Crippen molar-refractivity contribution in [3.63, 3.8) is 0 Å². The lowest BCUT2D eigenvalue weighted by atomic mass is 10.0. The van der Waals surface area contributed by atoms with Crippen LogP contribution in [0.5, 0.6) is 11.5 Å². The highest BCUT2D eigenvalue weighted by Gasteiger charge is 2.31. The molecule has 3 aromatic carbocycles. The second kappa shape index (κ2) is 11.0. The first-order valence-electron chi connectivity index (χ1n) is 14.6. The summed E-state index contributed by atoms with van der Waals surface area (Å²) in [5.74, 6) is 2.21. The smallest absolute Gasteiger partial charge is 0.416 e. The van der Waals surface area contributed by atoms with Crippen molar-refractivity contribution in [1.29, 1.82) is 0 Å². The molecule has 0 spiro atoms. The molecule has 0 bridgehead atoms. The fourth-order valence-corrected chi connectivity index (χ4v) is 6.40. The number of nitrogens with one attached hydrogen (secondary N) is 1. The SMILES string of the molecule is FC(F)(F)c1ccc(CNc2cc(N3CCC[C@H]3CN3CCCC3)c3cc(-c4ccc5c(c4)OCO5)ccc3n2)cc1. The lowest BCUT2D eigenvalue weighted by molar-refractivity contribution is -0.137. The molecule has 9 heteroatoms. The fraction of sp³-hybridized carbons (Fsp3) is 0.364. The van der Waals surface area contributed by atoms with Crippen molar-refractivity contribution in [2.45, 2.75) is 44.4 Å². The zero-order valence-electron chi connectivity index (χ0n) is 23.3. The van der Waals surface area contributed by atoms with Crippen molar-refractivity contribution in [3.05, 3.63) is 77.9 Å². The summed E-state index contributed by atoms with van der Waals surface area (Å²) in [6, 6.07) is 20.2. The van der Waals surface area contributed by atoms with Gasteiger partial charge in [-0.25, -0.2) is 4.98 Å². The Hall–Kier alpha value is -3.98. The van der Waals surface area contributed by atoms with Gasteiger partial charge in [0.2, 0.25) is 6.79 Å². The molecule has 2 fully saturated rings. The van der Waals surface area contributed by atoms with Gasteiger partial charge in [0.15, 0.2) is 11.5 Å². The molecule has 3 aliphatic heterocycles. The number of rotatable bonds is 7. The lowest BCUT2D eigenvalue weighted by Gasteiger charge is -2.31. The number of alkyl halides is 3. The number of nitrogens with zero attached hydrogens (tertiary/aromatic N) is 3. The number of fused-ring (bicyclic) bond motifs is 2. The minimum absolute atomic E-state index is 0.236. The Morgan fingerprint density at radius 1 is 0.833 bits per heavy atom. The number of hydrogen-bond acceptors (Lipinski definition) is 6. The van der Waals surface area contributed by atoms with Gasteiger partial charge >= 0.3 is 6.18 Å². The van der Waals surface area contributed by atoms with Gasteiger partial charge in [0.1, 0.15) is 5.82 Å². The summed E-state index contributed by atoms with van der Waals surface area (Å²) >= 11 is 0. The molecule has 42 heavy (non-hydrogen) atoms. The van der Waals surface area contributed by atoms with Crippen molar-refractivity contribution in [3.8, 4) is 22.6 Å². The number of benzene rings is 3. The van der Waals surface area contributed by atoms with Gasteiger partial charge in [-0.3, -0.25) is 0 Å². The molecule has 7 rings (SSSR count). The first kappa shape index (κ1) is 26.9. The molecule has 1 atom stereocenters. The Bertz CT molecular complexity index is 1590. The molecule has 3 aliphatic rings.